The van der Waals surface area contributed by atoms with Crippen LogP contribution in [0.5, 0.6) is 0 Å². The van der Waals surface area contributed by atoms with Crippen molar-refractivity contribution in [3.05, 3.63) is 12.2 Å². The Morgan fingerprint density at radius 1 is 0.880 bits per heavy atom. The standard InChI is InChI=1S/C21H40O4/c1-2-3-4-11-14-17-20(22)18-15-12-9-7-5-6-8-10-13-16-19-21(23)25-24/h12,15,20,22,24H,2-11,13-14,16-19H2,1H3/t20-/m1/s1. The largest absolute Gasteiger partial charge is 0.393 e. The lowest BCUT2D eigenvalue weighted by atomic mass is 10.1. The van der Waals surface area contributed by atoms with Crippen molar-refractivity contribution in [2.75, 3.05) is 0 Å². The van der Waals surface area contributed by atoms with Crippen LogP contribution < -0.4 is 0 Å². The highest BCUT2D eigenvalue weighted by atomic mass is 17.1. The van der Waals surface area contributed by atoms with Crippen LogP contribution in [0.4, 0.5) is 0 Å². The Morgan fingerprint density at radius 3 is 2.16 bits per heavy atom. The van der Waals surface area contributed by atoms with Crippen LogP contribution in [0.2, 0.25) is 0 Å². The number of allylic oxidation sites excluding steroid dienone is 1. The molecule has 0 heterocycles. The molecule has 0 aliphatic heterocycles. The van der Waals surface area contributed by atoms with E-state index in [-0.39, 0.29) is 6.10 Å². The minimum Gasteiger partial charge on any atom is -0.393 e. The molecule has 148 valence electrons. The molecule has 0 aliphatic rings. The first-order valence-electron chi connectivity index (χ1n) is 10.4. The molecule has 4 heteroatoms. The lowest BCUT2D eigenvalue weighted by Crippen LogP contribution is -2.04. The van der Waals surface area contributed by atoms with Gasteiger partial charge in [-0.2, -0.15) is 5.26 Å². The molecule has 0 aromatic rings. The number of unbranched alkanes of at least 4 members (excludes halogenated alkanes) is 11. The summed E-state index contributed by atoms with van der Waals surface area (Å²) >= 11 is 0. The van der Waals surface area contributed by atoms with Gasteiger partial charge >= 0.3 is 5.97 Å². The van der Waals surface area contributed by atoms with E-state index in [0.29, 0.717) is 6.42 Å². The maximum absolute atomic E-state index is 10.7. The molecule has 0 aromatic heterocycles. The molecule has 0 fully saturated rings. The third-order valence-corrected chi connectivity index (χ3v) is 4.57. The summed E-state index contributed by atoms with van der Waals surface area (Å²) in [5, 5.41) is 18.0. The number of hydrogen-bond acceptors (Lipinski definition) is 4. The normalized spacial score (nSPS) is 12.6. The SMILES string of the molecule is CCCCCCC[C@@H](O)CC=CCCCCCCCCCC(=O)OO. The predicted molar refractivity (Wildman–Crippen MR) is 103 cm³/mol. The molecule has 0 rings (SSSR count). The summed E-state index contributed by atoms with van der Waals surface area (Å²) in [6, 6.07) is 0. The third-order valence-electron chi connectivity index (χ3n) is 4.57. The van der Waals surface area contributed by atoms with Crippen molar-refractivity contribution in [2.24, 2.45) is 0 Å². The maximum Gasteiger partial charge on any atom is 0.342 e. The fraction of sp³-hybridized carbons (Fsp3) is 0.857. The number of rotatable bonds is 18. The van der Waals surface area contributed by atoms with Gasteiger partial charge in [-0.25, -0.2) is 4.79 Å². The molecule has 25 heavy (non-hydrogen) atoms. The Kier molecular flexibility index (Phi) is 18.8. The number of hydrogen-bond donors (Lipinski definition) is 2. The summed E-state index contributed by atoms with van der Waals surface area (Å²) in [4.78, 5) is 14.3. The quantitative estimate of drug-likeness (QED) is 0.133. The van der Waals surface area contributed by atoms with E-state index in [9.17, 15) is 9.90 Å². The summed E-state index contributed by atoms with van der Waals surface area (Å²) in [6.07, 6.45) is 21.4. The first-order chi connectivity index (χ1) is 12.2. The molecular formula is C21H40O4. The summed E-state index contributed by atoms with van der Waals surface area (Å²) in [6.45, 7) is 2.22. The molecule has 0 radical (unpaired) electrons. The van der Waals surface area contributed by atoms with Crippen LogP contribution in [0.15, 0.2) is 12.2 Å². The van der Waals surface area contributed by atoms with Gasteiger partial charge in [-0.3, -0.25) is 0 Å². The zero-order valence-electron chi connectivity index (χ0n) is 16.3. The van der Waals surface area contributed by atoms with Gasteiger partial charge in [0.05, 0.1) is 6.10 Å². The fourth-order valence-electron chi connectivity index (χ4n) is 2.93. The topological polar surface area (TPSA) is 66.8 Å². The van der Waals surface area contributed by atoms with Crippen LogP contribution in [0, 0.1) is 0 Å². The Hall–Kier alpha value is -0.870. The highest BCUT2D eigenvalue weighted by Gasteiger charge is 2.01. The van der Waals surface area contributed by atoms with Crippen molar-refractivity contribution in [2.45, 2.75) is 116 Å². The van der Waals surface area contributed by atoms with Gasteiger partial charge in [0.1, 0.15) is 0 Å². The summed E-state index contributed by atoms with van der Waals surface area (Å²) < 4.78 is 0. The zero-order chi connectivity index (χ0) is 18.6. The Balaban J connectivity index is 3.25. The van der Waals surface area contributed by atoms with Crippen LogP contribution in [0.1, 0.15) is 110 Å². The van der Waals surface area contributed by atoms with Crippen LogP contribution in [-0.2, 0) is 9.68 Å². The van der Waals surface area contributed by atoms with Gasteiger partial charge in [0.25, 0.3) is 0 Å². The van der Waals surface area contributed by atoms with Crippen LogP contribution in [0.25, 0.3) is 0 Å². The first-order valence-corrected chi connectivity index (χ1v) is 10.4. The Bertz CT molecular complexity index is 315. The van der Waals surface area contributed by atoms with Gasteiger partial charge in [-0.15, -0.1) is 0 Å². The molecule has 0 saturated heterocycles. The highest BCUT2D eigenvalue weighted by Crippen LogP contribution is 2.12. The monoisotopic (exact) mass is 356 g/mol. The minimum atomic E-state index is -0.534. The van der Waals surface area contributed by atoms with Crippen LogP contribution in [-0.4, -0.2) is 22.4 Å². The molecule has 0 aromatic carbocycles. The van der Waals surface area contributed by atoms with Crippen molar-refractivity contribution in [1.29, 1.82) is 0 Å². The summed E-state index contributed by atoms with van der Waals surface area (Å²) in [5.41, 5.74) is 0. The van der Waals surface area contributed by atoms with Crippen molar-refractivity contribution < 1.29 is 20.0 Å². The number of carbonyl (C=O) groups excluding carboxylic acids is 1. The first kappa shape index (κ1) is 24.1. The van der Waals surface area contributed by atoms with Crippen molar-refractivity contribution in [3.63, 3.8) is 0 Å². The average Bonchev–Trinajstić information content (AvgIpc) is 2.62. The van der Waals surface area contributed by atoms with Gasteiger partial charge in [-0.1, -0.05) is 83.3 Å². The molecule has 1 atom stereocenters. The third kappa shape index (κ3) is 19.3. The smallest absolute Gasteiger partial charge is 0.342 e. The van der Waals surface area contributed by atoms with E-state index in [1.54, 1.807) is 0 Å². The Morgan fingerprint density at radius 2 is 1.48 bits per heavy atom. The molecular weight excluding hydrogens is 316 g/mol. The second-order valence-corrected chi connectivity index (χ2v) is 7.04. The van der Waals surface area contributed by atoms with Gasteiger partial charge in [0, 0.05) is 6.42 Å². The van der Waals surface area contributed by atoms with E-state index in [0.717, 1.165) is 44.9 Å². The molecule has 4 nitrogen and oxygen atoms in total. The summed E-state index contributed by atoms with van der Waals surface area (Å²) in [7, 11) is 0. The highest BCUT2D eigenvalue weighted by molar-refractivity contribution is 5.68. The van der Waals surface area contributed by atoms with E-state index < -0.39 is 5.97 Å². The van der Waals surface area contributed by atoms with Gasteiger partial charge < -0.3 is 9.99 Å². The van der Waals surface area contributed by atoms with E-state index in [1.807, 2.05) is 0 Å². The molecule has 0 saturated carbocycles. The van der Waals surface area contributed by atoms with Crippen molar-refractivity contribution >= 4 is 5.97 Å². The van der Waals surface area contributed by atoms with E-state index in [2.05, 4.69) is 24.0 Å². The second-order valence-electron chi connectivity index (χ2n) is 7.04. The fourth-order valence-corrected chi connectivity index (χ4v) is 2.93. The van der Waals surface area contributed by atoms with Crippen molar-refractivity contribution in [3.8, 4) is 0 Å². The second kappa shape index (κ2) is 19.5. The Labute approximate surface area is 154 Å². The minimum absolute atomic E-state index is 0.166. The maximum atomic E-state index is 10.7. The number of carbonyl (C=O) groups is 1. The molecule has 0 unspecified atom stereocenters. The molecule has 0 spiro atoms. The van der Waals surface area contributed by atoms with Crippen LogP contribution >= 0.6 is 0 Å². The van der Waals surface area contributed by atoms with Gasteiger partial charge in [0.2, 0.25) is 0 Å². The summed E-state index contributed by atoms with van der Waals surface area (Å²) in [5.74, 6) is -0.534. The molecule has 0 amide bonds. The lowest BCUT2D eigenvalue weighted by Gasteiger charge is -2.07. The molecule has 0 aliphatic carbocycles. The van der Waals surface area contributed by atoms with E-state index in [4.69, 9.17) is 5.26 Å². The van der Waals surface area contributed by atoms with Gasteiger partial charge in [-0.05, 0) is 32.1 Å². The molecule has 2 N–H and O–H groups in total. The lowest BCUT2D eigenvalue weighted by molar-refractivity contribution is -0.234. The average molecular weight is 357 g/mol. The van der Waals surface area contributed by atoms with E-state index in [1.165, 1.54) is 51.4 Å². The zero-order valence-corrected chi connectivity index (χ0v) is 16.3. The number of aliphatic hydroxyl groups is 1. The van der Waals surface area contributed by atoms with Gasteiger partial charge in [0.15, 0.2) is 0 Å². The van der Waals surface area contributed by atoms with Crippen LogP contribution in [0.3, 0.4) is 0 Å². The predicted octanol–water partition coefficient (Wildman–Crippen LogP) is 6.18. The van der Waals surface area contributed by atoms with E-state index >= 15 is 0 Å². The van der Waals surface area contributed by atoms with Crippen molar-refractivity contribution in [1.82, 2.24) is 0 Å². The number of aliphatic hydroxyl groups excluding tert-OH is 1. The molecule has 0 bridgehead atoms.